The maximum absolute atomic E-state index is 13.0. The van der Waals surface area contributed by atoms with Crippen LogP contribution in [-0.2, 0) is 25.7 Å². The molecule has 7 nitrogen and oxygen atoms in total. The van der Waals surface area contributed by atoms with Gasteiger partial charge in [-0.1, -0.05) is 28.1 Å². The molecule has 4 rings (SSSR count). The third-order valence-electron chi connectivity index (χ3n) is 5.85. The van der Waals surface area contributed by atoms with E-state index in [2.05, 4.69) is 38.5 Å². The second-order valence-corrected chi connectivity index (χ2v) is 10.2. The van der Waals surface area contributed by atoms with Gasteiger partial charge in [-0.05, 0) is 71.3 Å². The monoisotopic (exact) mass is 653 g/mol. The Morgan fingerprint density at radius 3 is 2.63 bits per heavy atom. The zero-order valence-corrected chi connectivity index (χ0v) is 23.1. The molecule has 2 aliphatic rings. The fraction of sp³-hybridized carbons (Fsp3) is 0.308. The molecule has 1 heterocycles. The lowest BCUT2D eigenvalue weighted by Crippen LogP contribution is -2.31. The van der Waals surface area contributed by atoms with E-state index in [1.54, 1.807) is 6.07 Å². The zero-order valence-electron chi connectivity index (χ0n) is 19.4. The topological polar surface area (TPSA) is 97.1 Å². The van der Waals surface area contributed by atoms with Crippen molar-refractivity contribution in [1.82, 2.24) is 0 Å². The van der Waals surface area contributed by atoms with Crippen LogP contribution < -0.4 is 15.2 Å². The lowest BCUT2D eigenvalue weighted by Gasteiger charge is -2.32. The summed E-state index contributed by atoms with van der Waals surface area (Å²) in [7, 11) is 1.28. The molecule has 0 saturated carbocycles. The van der Waals surface area contributed by atoms with Crippen molar-refractivity contribution in [3.8, 4) is 11.5 Å². The third kappa shape index (κ3) is 5.35. The second-order valence-electron chi connectivity index (χ2n) is 8.10. The van der Waals surface area contributed by atoms with Crippen molar-refractivity contribution in [2.24, 2.45) is 5.73 Å². The lowest BCUT2D eigenvalue weighted by atomic mass is 9.77. The van der Waals surface area contributed by atoms with Crippen LogP contribution in [0.15, 0.2) is 63.7 Å². The number of rotatable bonds is 7. The minimum atomic E-state index is -0.716. The maximum Gasteiger partial charge on any atom is 0.340 e. The van der Waals surface area contributed by atoms with Crippen LogP contribution >= 0.6 is 38.5 Å². The van der Waals surface area contributed by atoms with Crippen LogP contribution in [0.3, 0.4) is 0 Å². The van der Waals surface area contributed by atoms with Crippen LogP contribution in [0.4, 0.5) is 0 Å². The molecule has 0 spiro atoms. The van der Waals surface area contributed by atoms with E-state index in [0.717, 1.165) is 13.6 Å². The molecular weight excluding hydrogens is 629 g/mol. The van der Waals surface area contributed by atoms with Gasteiger partial charge >= 0.3 is 5.97 Å². The normalized spacial score (nSPS) is 17.6. The number of hydrogen-bond acceptors (Lipinski definition) is 7. The highest BCUT2D eigenvalue weighted by Gasteiger charge is 2.41. The highest BCUT2D eigenvalue weighted by atomic mass is 127. The Morgan fingerprint density at radius 2 is 1.94 bits per heavy atom. The van der Waals surface area contributed by atoms with Crippen molar-refractivity contribution in [2.45, 2.75) is 38.7 Å². The van der Waals surface area contributed by atoms with Crippen LogP contribution in [0, 0.1) is 3.57 Å². The molecule has 0 aromatic heterocycles. The van der Waals surface area contributed by atoms with Crippen LogP contribution in [0.2, 0.25) is 0 Å². The number of benzene rings is 2. The van der Waals surface area contributed by atoms with Gasteiger partial charge in [0.2, 0.25) is 5.88 Å². The SMILES string of the molecule is CCOc1cc([C@H]2C(C(=O)OC)=C(N)OC3=C2C(=O)CCC3)cc(I)c1OCc1ccc(Br)cc1. The predicted molar refractivity (Wildman–Crippen MR) is 142 cm³/mol. The van der Waals surface area contributed by atoms with E-state index in [1.807, 2.05) is 37.3 Å². The Morgan fingerprint density at radius 1 is 1.20 bits per heavy atom. The van der Waals surface area contributed by atoms with Gasteiger partial charge in [-0.25, -0.2) is 4.79 Å². The number of carbonyl (C=O) groups is 2. The number of ketones is 1. The van der Waals surface area contributed by atoms with Crippen LogP contribution in [0.1, 0.15) is 43.2 Å². The minimum Gasteiger partial charge on any atom is -0.490 e. The molecule has 1 aliphatic carbocycles. The molecule has 2 aromatic carbocycles. The summed E-state index contributed by atoms with van der Waals surface area (Å²) in [6.45, 7) is 2.65. The van der Waals surface area contributed by atoms with Gasteiger partial charge in [-0.2, -0.15) is 0 Å². The minimum absolute atomic E-state index is 0.0427. The first-order valence-electron chi connectivity index (χ1n) is 11.2. The van der Waals surface area contributed by atoms with Gasteiger partial charge < -0.3 is 24.7 Å². The maximum atomic E-state index is 13.0. The molecule has 1 aliphatic heterocycles. The summed E-state index contributed by atoms with van der Waals surface area (Å²) in [5.41, 5.74) is 8.43. The molecule has 2 N–H and O–H groups in total. The quantitative estimate of drug-likeness (QED) is 0.312. The van der Waals surface area contributed by atoms with Crippen molar-refractivity contribution in [3.05, 3.63) is 78.4 Å². The average Bonchev–Trinajstić information content (AvgIpc) is 2.83. The van der Waals surface area contributed by atoms with Crippen LogP contribution in [0.25, 0.3) is 0 Å². The van der Waals surface area contributed by atoms with E-state index in [1.165, 1.54) is 7.11 Å². The fourth-order valence-corrected chi connectivity index (χ4v) is 5.34. The number of allylic oxidation sites excluding steroid dienone is 2. The van der Waals surface area contributed by atoms with E-state index in [0.29, 0.717) is 60.9 Å². The van der Waals surface area contributed by atoms with Gasteiger partial charge in [0.15, 0.2) is 17.3 Å². The third-order valence-corrected chi connectivity index (χ3v) is 7.18. The molecule has 0 fully saturated rings. The van der Waals surface area contributed by atoms with Crippen LogP contribution in [-0.4, -0.2) is 25.5 Å². The Labute approximate surface area is 225 Å². The van der Waals surface area contributed by atoms with E-state index in [9.17, 15) is 9.59 Å². The van der Waals surface area contributed by atoms with E-state index < -0.39 is 11.9 Å². The van der Waals surface area contributed by atoms with E-state index in [-0.39, 0.29) is 17.2 Å². The molecular formula is C26H25BrINO6. The van der Waals surface area contributed by atoms with Gasteiger partial charge in [-0.3, -0.25) is 4.79 Å². The summed E-state index contributed by atoms with van der Waals surface area (Å²) in [5, 5.41) is 0. The second kappa shape index (κ2) is 11.0. The predicted octanol–water partition coefficient (Wildman–Crippen LogP) is 5.50. The van der Waals surface area contributed by atoms with Crippen LogP contribution in [0.5, 0.6) is 11.5 Å². The molecule has 2 aromatic rings. The van der Waals surface area contributed by atoms with Crippen molar-refractivity contribution >= 4 is 50.3 Å². The Hall–Kier alpha value is -2.53. The fourth-order valence-electron chi connectivity index (χ4n) is 4.29. The van der Waals surface area contributed by atoms with Gasteiger partial charge in [0, 0.05) is 22.9 Å². The van der Waals surface area contributed by atoms with Gasteiger partial charge in [0.05, 0.1) is 23.2 Å². The van der Waals surface area contributed by atoms with Gasteiger partial charge in [0.1, 0.15) is 17.9 Å². The summed E-state index contributed by atoms with van der Waals surface area (Å²) in [4.78, 5) is 25.8. The summed E-state index contributed by atoms with van der Waals surface area (Å²) in [6.07, 6.45) is 1.64. The largest absolute Gasteiger partial charge is 0.490 e. The lowest BCUT2D eigenvalue weighted by molar-refractivity contribution is -0.136. The van der Waals surface area contributed by atoms with Crippen molar-refractivity contribution in [1.29, 1.82) is 0 Å². The number of methoxy groups -OCH3 is 1. The summed E-state index contributed by atoms with van der Waals surface area (Å²) in [5.74, 6) is 0.166. The Kier molecular flexibility index (Phi) is 8.05. The smallest absolute Gasteiger partial charge is 0.340 e. The molecule has 0 bridgehead atoms. The van der Waals surface area contributed by atoms with Gasteiger partial charge in [0.25, 0.3) is 0 Å². The number of Topliss-reactive ketones (excluding diaryl/α,β-unsaturated/α-hetero) is 1. The van der Waals surface area contributed by atoms with E-state index in [4.69, 9.17) is 24.7 Å². The summed E-state index contributed by atoms with van der Waals surface area (Å²) >= 11 is 5.62. The first kappa shape index (κ1) is 25.6. The van der Waals surface area contributed by atoms with Crippen molar-refractivity contribution in [2.75, 3.05) is 13.7 Å². The molecule has 1 atom stereocenters. The Balaban J connectivity index is 1.78. The summed E-state index contributed by atoms with van der Waals surface area (Å²) in [6, 6.07) is 11.6. The first-order chi connectivity index (χ1) is 16.8. The number of nitrogens with two attached hydrogens (primary N) is 1. The molecule has 0 radical (unpaired) electrons. The standard InChI is InChI=1S/C26H25BrINO6/c1-3-33-20-12-15(11-17(28)24(20)34-13-14-7-9-16(27)10-8-14)21-22-18(30)5-4-6-19(22)35-25(29)23(21)26(31)32-2/h7-12,21H,3-6,13,29H2,1-2H3/t21-/m1/s1. The molecule has 0 saturated heterocycles. The number of carbonyl (C=O) groups excluding carboxylic acids is 2. The van der Waals surface area contributed by atoms with E-state index >= 15 is 0 Å². The molecule has 35 heavy (non-hydrogen) atoms. The molecule has 0 unspecified atom stereocenters. The van der Waals surface area contributed by atoms with Gasteiger partial charge in [-0.15, -0.1) is 0 Å². The number of ether oxygens (including phenoxy) is 4. The summed E-state index contributed by atoms with van der Waals surface area (Å²) < 4.78 is 24.6. The van der Waals surface area contributed by atoms with Crippen molar-refractivity contribution < 1.29 is 28.5 Å². The highest BCUT2D eigenvalue weighted by molar-refractivity contribution is 14.1. The first-order valence-corrected chi connectivity index (χ1v) is 13.1. The number of halogens is 2. The number of hydrogen-bond donors (Lipinski definition) is 1. The average molecular weight is 654 g/mol. The molecule has 184 valence electrons. The number of esters is 1. The highest BCUT2D eigenvalue weighted by Crippen LogP contribution is 2.46. The molecule has 0 amide bonds. The van der Waals surface area contributed by atoms with Crippen molar-refractivity contribution in [3.63, 3.8) is 0 Å². The molecule has 9 heteroatoms. The Bertz CT molecular complexity index is 1220. The zero-order chi connectivity index (χ0) is 25.1.